The van der Waals surface area contributed by atoms with Gasteiger partial charge in [-0.15, -0.1) is 0 Å². The fourth-order valence-corrected chi connectivity index (χ4v) is 2.25. The van der Waals surface area contributed by atoms with Crippen molar-refractivity contribution in [3.05, 3.63) is 23.8 Å². The van der Waals surface area contributed by atoms with Crippen molar-refractivity contribution in [1.29, 1.82) is 0 Å². The third kappa shape index (κ3) is 4.11. The summed E-state index contributed by atoms with van der Waals surface area (Å²) in [5.41, 5.74) is 6.79. The summed E-state index contributed by atoms with van der Waals surface area (Å²) in [5, 5.41) is 0. The Morgan fingerprint density at radius 3 is 2.74 bits per heavy atom. The van der Waals surface area contributed by atoms with Gasteiger partial charge in [-0.25, -0.2) is 0 Å². The lowest BCUT2D eigenvalue weighted by atomic mass is 10.1. The minimum Gasteiger partial charge on any atom is -0.493 e. The molecule has 1 aromatic rings. The van der Waals surface area contributed by atoms with Crippen LogP contribution >= 0.6 is 0 Å². The van der Waals surface area contributed by atoms with Crippen LogP contribution < -0.4 is 15.2 Å². The predicted molar refractivity (Wildman–Crippen MR) is 74.8 cm³/mol. The van der Waals surface area contributed by atoms with E-state index in [4.69, 9.17) is 19.9 Å². The monoisotopic (exact) mass is 265 g/mol. The molecule has 106 valence electrons. The Hall–Kier alpha value is -1.26. The number of benzene rings is 1. The summed E-state index contributed by atoms with van der Waals surface area (Å²) in [6.45, 7) is 2.27. The van der Waals surface area contributed by atoms with Crippen molar-refractivity contribution in [1.82, 2.24) is 0 Å². The second-order valence-electron chi connectivity index (χ2n) is 4.81. The Kier molecular flexibility index (Phi) is 5.48. The number of hydrogen-bond acceptors (Lipinski definition) is 4. The molecule has 0 aromatic heterocycles. The number of rotatable bonds is 6. The third-order valence-corrected chi connectivity index (χ3v) is 3.36. The van der Waals surface area contributed by atoms with Crippen molar-refractivity contribution in [3.8, 4) is 11.5 Å². The zero-order valence-electron chi connectivity index (χ0n) is 11.6. The molecule has 0 spiro atoms. The van der Waals surface area contributed by atoms with Crippen LogP contribution in [0.15, 0.2) is 18.2 Å². The van der Waals surface area contributed by atoms with Gasteiger partial charge in [-0.05, 0) is 37.1 Å². The fourth-order valence-electron chi connectivity index (χ4n) is 2.25. The molecule has 1 fully saturated rings. The van der Waals surface area contributed by atoms with Crippen molar-refractivity contribution in [3.63, 3.8) is 0 Å². The Bertz CT molecular complexity index is 389. The highest BCUT2D eigenvalue weighted by atomic mass is 16.5. The van der Waals surface area contributed by atoms with Gasteiger partial charge in [0, 0.05) is 12.8 Å². The summed E-state index contributed by atoms with van der Waals surface area (Å²) >= 11 is 0. The molecule has 0 radical (unpaired) electrons. The molecule has 1 aliphatic heterocycles. The van der Waals surface area contributed by atoms with Gasteiger partial charge >= 0.3 is 0 Å². The van der Waals surface area contributed by atoms with E-state index in [1.807, 2.05) is 6.07 Å². The molecule has 4 heteroatoms. The van der Waals surface area contributed by atoms with E-state index < -0.39 is 0 Å². The van der Waals surface area contributed by atoms with Gasteiger partial charge in [-0.3, -0.25) is 0 Å². The zero-order valence-corrected chi connectivity index (χ0v) is 11.6. The van der Waals surface area contributed by atoms with Gasteiger partial charge in [0.25, 0.3) is 0 Å². The number of ether oxygens (including phenoxy) is 3. The maximum absolute atomic E-state index is 6.06. The van der Waals surface area contributed by atoms with Crippen LogP contribution in [0.25, 0.3) is 0 Å². The number of methoxy groups -OCH3 is 1. The Labute approximate surface area is 114 Å². The van der Waals surface area contributed by atoms with Gasteiger partial charge < -0.3 is 19.9 Å². The van der Waals surface area contributed by atoms with Gasteiger partial charge in [-0.2, -0.15) is 0 Å². The van der Waals surface area contributed by atoms with Gasteiger partial charge in [0.2, 0.25) is 0 Å². The highest BCUT2D eigenvalue weighted by Gasteiger charge is 2.17. The first kappa shape index (κ1) is 14.2. The first-order valence-corrected chi connectivity index (χ1v) is 6.95. The SMILES string of the molecule is COc1ccc(CCCN)cc1OC1CCOCC1. The molecular formula is C15H23NO3. The van der Waals surface area contributed by atoms with Crippen LogP contribution in [0.2, 0.25) is 0 Å². The molecule has 0 atom stereocenters. The standard InChI is InChI=1S/C15H23NO3/c1-17-14-5-4-12(3-2-8-16)11-15(14)19-13-6-9-18-10-7-13/h4-5,11,13H,2-3,6-10,16H2,1H3. The van der Waals surface area contributed by atoms with Gasteiger partial charge in [0.1, 0.15) is 6.10 Å². The molecule has 1 aromatic carbocycles. The quantitative estimate of drug-likeness (QED) is 0.856. The van der Waals surface area contributed by atoms with Gasteiger partial charge in [0.05, 0.1) is 20.3 Å². The maximum atomic E-state index is 6.06. The summed E-state index contributed by atoms with van der Waals surface area (Å²) in [7, 11) is 1.67. The Morgan fingerprint density at radius 1 is 1.26 bits per heavy atom. The fraction of sp³-hybridized carbons (Fsp3) is 0.600. The predicted octanol–water partition coefficient (Wildman–Crippen LogP) is 2.14. The molecule has 2 rings (SSSR count). The molecule has 19 heavy (non-hydrogen) atoms. The van der Waals surface area contributed by atoms with E-state index in [9.17, 15) is 0 Å². The summed E-state index contributed by atoms with van der Waals surface area (Å²) in [6, 6.07) is 6.12. The van der Waals surface area contributed by atoms with Crippen LogP contribution in [-0.4, -0.2) is 33.0 Å². The van der Waals surface area contributed by atoms with Crippen molar-refractivity contribution in [2.24, 2.45) is 5.73 Å². The largest absolute Gasteiger partial charge is 0.493 e. The highest BCUT2D eigenvalue weighted by molar-refractivity contribution is 5.43. The summed E-state index contributed by atoms with van der Waals surface area (Å²) < 4.78 is 16.8. The van der Waals surface area contributed by atoms with Crippen LogP contribution in [0.1, 0.15) is 24.8 Å². The molecule has 2 N–H and O–H groups in total. The minimum atomic E-state index is 0.229. The van der Waals surface area contributed by atoms with Crippen LogP contribution in [0.3, 0.4) is 0 Å². The molecule has 4 nitrogen and oxygen atoms in total. The first-order chi connectivity index (χ1) is 9.33. The van der Waals surface area contributed by atoms with E-state index in [1.54, 1.807) is 7.11 Å². The lowest BCUT2D eigenvalue weighted by Gasteiger charge is -2.24. The molecule has 0 unspecified atom stereocenters. The highest BCUT2D eigenvalue weighted by Crippen LogP contribution is 2.30. The molecule has 0 saturated carbocycles. The summed E-state index contributed by atoms with van der Waals surface area (Å²) in [5.74, 6) is 1.63. The Balaban J connectivity index is 2.06. The van der Waals surface area contributed by atoms with Crippen LogP contribution in [0, 0.1) is 0 Å². The molecule has 1 saturated heterocycles. The number of aryl methyl sites for hydroxylation is 1. The Morgan fingerprint density at radius 2 is 2.05 bits per heavy atom. The molecule has 1 heterocycles. The van der Waals surface area contributed by atoms with E-state index in [0.29, 0.717) is 6.54 Å². The molecule has 0 aliphatic carbocycles. The number of hydrogen-bond donors (Lipinski definition) is 1. The molecule has 0 bridgehead atoms. The lowest BCUT2D eigenvalue weighted by Crippen LogP contribution is -2.26. The van der Waals surface area contributed by atoms with Crippen molar-refractivity contribution in [2.75, 3.05) is 26.9 Å². The molecule has 1 aliphatic rings. The van der Waals surface area contributed by atoms with Crippen molar-refractivity contribution in [2.45, 2.75) is 31.8 Å². The average molecular weight is 265 g/mol. The summed E-state index contributed by atoms with van der Waals surface area (Å²) in [4.78, 5) is 0. The van der Waals surface area contributed by atoms with Crippen molar-refractivity contribution >= 4 is 0 Å². The lowest BCUT2D eigenvalue weighted by molar-refractivity contribution is 0.0245. The van der Waals surface area contributed by atoms with E-state index in [0.717, 1.165) is 50.4 Å². The minimum absolute atomic E-state index is 0.229. The second kappa shape index (κ2) is 7.36. The van der Waals surface area contributed by atoms with E-state index in [-0.39, 0.29) is 6.10 Å². The average Bonchev–Trinajstić information content (AvgIpc) is 2.46. The van der Waals surface area contributed by atoms with E-state index in [1.165, 1.54) is 5.56 Å². The first-order valence-electron chi connectivity index (χ1n) is 6.95. The second-order valence-corrected chi connectivity index (χ2v) is 4.81. The normalized spacial score (nSPS) is 16.3. The topological polar surface area (TPSA) is 53.7 Å². The number of nitrogens with two attached hydrogens (primary N) is 1. The van der Waals surface area contributed by atoms with E-state index in [2.05, 4.69) is 12.1 Å². The van der Waals surface area contributed by atoms with Gasteiger partial charge in [-0.1, -0.05) is 6.07 Å². The van der Waals surface area contributed by atoms with Gasteiger partial charge in [0.15, 0.2) is 11.5 Å². The van der Waals surface area contributed by atoms with E-state index >= 15 is 0 Å². The summed E-state index contributed by atoms with van der Waals surface area (Å²) in [6.07, 6.45) is 4.08. The van der Waals surface area contributed by atoms with Crippen molar-refractivity contribution < 1.29 is 14.2 Å². The molecule has 0 amide bonds. The van der Waals surface area contributed by atoms with Crippen LogP contribution in [-0.2, 0) is 11.2 Å². The smallest absolute Gasteiger partial charge is 0.161 e. The van der Waals surface area contributed by atoms with Crippen LogP contribution in [0.5, 0.6) is 11.5 Å². The maximum Gasteiger partial charge on any atom is 0.161 e. The third-order valence-electron chi connectivity index (χ3n) is 3.36. The molecular weight excluding hydrogens is 242 g/mol. The van der Waals surface area contributed by atoms with Crippen LogP contribution in [0.4, 0.5) is 0 Å². The zero-order chi connectivity index (χ0) is 13.5.